The van der Waals surface area contributed by atoms with E-state index in [1.165, 1.54) is 11.0 Å². The summed E-state index contributed by atoms with van der Waals surface area (Å²) in [7, 11) is 0. The van der Waals surface area contributed by atoms with E-state index in [1.807, 2.05) is 0 Å². The minimum absolute atomic E-state index is 0.0971. The van der Waals surface area contributed by atoms with E-state index in [9.17, 15) is 9.18 Å². The Kier molecular flexibility index (Phi) is 3.96. The van der Waals surface area contributed by atoms with Crippen LogP contribution in [0.2, 0.25) is 0 Å². The fourth-order valence-electron chi connectivity index (χ4n) is 4.74. The van der Waals surface area contributed by atoms with E-state index in [0.29, 0.717) is 42.4 Å². The van der Waals surface area contributed by atoms with Crippen LogP contribution in [0.15, 0.2) is 27.7 Å². The number of carbonyl (C=O) groups excluding carboxylic acids is 1. The molecule has 0 spiro atoms. The minimum Gasteiger partial charge on any atom is -0.376 e. The maximum atomic E-state index is 14.8. The number of benzene rings is 1. The van der Waals surface area contributed by atoms with Crippen LogP contribution in [-0.4, -0.2) is 47.7 Å². The van der Waals surface area contributed by atoms with Crippen LogP contribution < -0.4 is 9.80 Å². The van der Waals surface area contributed by atoms with Crippen LogP contribution in [0.25, 0.3) is 0 Å². The maximum Gasteiger partial charge on any atom is 0.254 e. The fraction of sp³-hybridized carbons (Fsp3) is 0.524. The number of ether oxygens (including phenoxy) is 1. The first-order valence-corrected chi connectivity index (χ1v) is 10.5. The van der Waals surface area contributed by atoms with E-state index >= 15 is 0 Å². The number of para-hydroxylation sites is 1. The van der Waals surface area contributed by atoms with Gasteiger partial charge in [0.2, 0.25) is 0 Å². The summed E-state index contributed by atoms with van der Waals surface area (Å²) in [5.74, 6) is 1.21. The number of halogens is 1. The summed E-state index contributed by atoms with van der Waals surface area (Å²) >= 11 is 0. The van der Waals surface area contributed by atoms with Gasteiger partial charge in [-0.1, -0.05) is 18.1 Å². The zero-order chi connectivity index (χ0) is 20.4. The zero-order valence-electron chi connectivity index (χ0n) is 16.6. The fourth-order valence-corrected chi connectivity index (χ4v) is 4.74. The minimum atomic E-state index is -0.675. The van der Waals surface area contributed by atoms with Gasteiger partial charge in [-0.3, -0.25) is 9.79 Å². The van der Waals surface area contributed by atoms with Gasteiger partial charge in [-0.05, 0) is 37.3 Å². The molecule has 4 aliphatic rings. The molecule has 5 unspecified atom stereocenters. The Bertz CT molecular complexity index is 1030. The Labute approximate surface area is 172 Å². The molecule has 1 aliphatic carbocycles. The van der Waals surface area contributed by atoms with Gasteiger partial charge in [0.25, 0.3) is 11.8 Å². The number of anilines is 2. The number of amides is 1. The lowest BCUT2D eigenvalue weighted by Crippen LogP contribution is -2.54. The van der Waals surface area contributed by atoms with E-state index < -0.39 is 17.9 Å². The standard InChI is InChI=1S/C21H22FN5O3/c1-11-8-13(11)19-24-20(30-25-19)16-18-21(28)26(9-12-4-3-7-29-12)17-14(22)5-2-6-15(17)27(18)10-23-16/h2,5-6,10-13,16,18H,3-4,7-9H2,1H3. The van der Waals surface area contributed by atoms with Crippen LogP contribution in [0.3, 0.4) is 0 Å². The summed E-state index contributed by atoms with van der Waals surface area (Å²) in [5.41, 5.74) is 0.888. The molecule has 0 bridgehead atoms. The molecule has 0 radical (unpaired) electrons. The van der Waals surface area contributed by atoms with Gasteiger partial charge in [0.15, 0.2) is 11.9 Å². The van der Waals surface area contributed by atoms with Gasteiger partial charge in [-0.2, -0.15) is 4.98 Å². The summed E-state index contributed by atoms with van der Waals surface area (Å²) in [6.07, 6.45) is 4.33. The second-order valence-electron chi connectivity index (χ2n) is 8.56. The van der Waals surface area contributed by atoms with Gasteiger partial charge in [0, 0.05) is 12.5 Å². The highest BCUT2D eigenvalue weighted by Gasteiger charge is 2.49. The van der Waals surface area contributed by atoms with Crippen LogP contribution in [-0.2, 0) is 9.53 Å². The van der Waals surface area contributed by atoms with Crippen molar-refractivity contribution in [3.05, 3.63) is 35.7 Å². The van der Waals surface area contributed by atoms with E-state index in [4.69, 9.17) is 9.26 Å². The van der Waals surface area contributed by atoms with Crippen molar-refractivity contribution < 1.29 is 18.4 Å². The molecule has 1 aromatic carbocycles. The van der Waals surface area contributed by atoms with E-state index in [2.05, 4.69) is 22.1 Å². The van der Waals surface area contributed by atoms with Gasteiger partial charge in [-0.15, -0.1) is 0 Å². The summed E-state index contributed by atoms with van der Waals surface area (Å²) in [6, 6.07) is 3.54. The predicted octanol–water partition coefficient (Wildman–Crippen LogP) is 2.82. The molecule has 0 N–H and O–H groups in total. The Morgan fingerprint density at radius 3 is 2.97 bits per heavy atom. The summed E-state index contributed by atoms with van der Waals surface area (Å²) < 4.78 is 26.1. The Hall–Kier alpha value is -2.81. The van der Waals surface area contributed by atoms with Gasteiger partial charge in [-0.25, -0.2) is 4.39 Å². The molecular weight excluding hydrogens is 389 g/mol. The Balaban J connectivity index is 1.37. The molecule has 9 heteroatoms. The first-order chi connectivity index (χ1) is 14.6. The number of carbonyl (C=O) groups is 1. The largest absolute Gasteiger partial charge is 0.376 e. The molecular formula is C21H22FN5O3. The SMILES string of the molecule is CC1CC1c1noc(C2N=CN3c4cccc(F)c4N(CC4CCCO4)C(=O)C23)n1. The van der Waals surface area contributed by atoms with Crippen molar-refractivity contribution in [2.45, 2.75) is 50.3 Å². The maximum absolute atomic E-state index is 14.8. The van der Waals surface area contributed by atoms with Gasteiger partial charge in [0.05, 0.1) is 24.7 Å². The van der Waals surface area contributed by atoms with Crippen molar-refractivity contribution in [1.82, 2.24) is 10.1 Å². The lowest BCUT2D eigenvalue weighted by atomic mass is 10.0. The molecule has 4 heterocycles. The number of hydrogen-bond acceptors (Lipinski definition) is 7. The van der Waals surface area contributed by atoms with Gasteiger partial charge in [0.1, 0.15) is 17.5 Å². The summed E-state index contributed by atoms with van der Waals surface area (Å²) in [6.45, 7) is 3.14. The van der Waals surface area contributed by atoms with Crippen molar-refractivity contribution in [3.63, 3.8) is 0 Å². The van der Waals surface area contributed by atoms with Crippen LogP contribution >= 0.6 is 0 Å². The van der Waals surface area contributed by atoms with Crippen LogP contribution in [0, 0.1) is 11.7 Å². The summed E-state index contributed by atoms with van der Waals surface area (Å²) in [5, 5.41) is 4.11. The van der Waals surface area contributed by atoms with Crippen LogP contribution in [0.4, 0.5) is 15.8 Å². The van der Waals surface area contributed by atoms with Crippen molar-refractivity contribution >= 4 is 23.6 Å². The first-order valence-electron chi connectivity index (χ1n) is 10.5. The normalized spacial score (nSPS) is 31.9. The molecule has 1 saturated carbocycles. The highest BCUT2D eigenvalue weighted by atomic mass is 19.1. The molecule has 30 heavy (non-hydrogen) atoms. The highest BCUT2D eigenvalue weighted by molar-refractivity contribution is 6.12. The first kappa shape index (κ1) is 18.0. The van der Waals surface area contributed by atoms with Crippen molar-refractivity contribution in [1.29, 1.82) is 0 Å². The quantitative estimate of drug-likeness (QED) is 0.769. The number of aromatic nitrogens is 2. The number of nitrogens with zero attached hydrogens (tertiary/aromatic N) is 5. The molecule has 5 atom stereocenters. The topological polar surface area (TPSA) is 84.1 Å². The average Bonchev–Trinajstić information content (AvgIpc) is 3.22. The van der Waals surface area contributed by atoms with Crippen LogP contribution in [0.1, 0.15) is 49.9 Å². The third-order valence-electron chi connectivity index (χ3n) is 6.54. The third-order valence-corrected chi connectivity index (χ3v) is 6.54. The zero-order valence-corrected chi connectivity index (χ0v) is 16.6. The van der Waals surface area contributed by atoms with E-state index in [1.54, 1.807) is 23.4 Å². The second kappa shape index (κ2) is 6.60. The average molecular weight is 411 g/mol. The van der Waals surface area contributed by atoms with Gasteiger partial charge < -0.3 is 19.1 Å². The van der Waals surface area contributed by atoms with Gasteiger partial charge >= 0.3 is 0 Å². The lowest BCUT2D eigenvalue weighted by Gasteiger charge is -2.40. The third kappa shape index (κ3) is 2.68. The molecule has 1 aromatic heterocycles. The molecule has 2 aromatic rings. The smallest absolute Gasteiger partial charge is 0.254 e. The second-order valence-corrected chi connectivity index (χ2v) is 8.56. The van der Waals surface area contributed by atoms with Crippen molar-refractivity contribution in [2.75, 3.05) is 23.0 Å². The Morgan fingerprint density at radius 1 is 1.33 bits per heavy atom. The monoisotopic (exact) mass is 411 g/mol. The number of hydrogen-bond donors (Lipinski definition) is 0. The van der Waals surface area contributed by atoms with E-state index in [0.717, 1.165) is 19.3 Å². The van der Waals surface area contributed by atoms with Crippen molar-refractivity contribution in [3.8, 4) is 0 Å². The molecule has 8 nitrogen and oxygen atoms in total. The Morgan fingerprint density at radius 2 is 2.20 bits per heavy atom. The molecule has 1 amide bonds. The number of fused-ring (bicyclic) bond motifs is 3. The summed E-state index contributed by atoms with van der Waals surface area (Å²) in [4.78, 5) is 25.9. The van der Waals surface area contributed by atoms with E-state index in [-0.39, 0.29) is 17.7 Å². The molecule has 156 valence electrons. The number of rotatable bonds is 4. The number of aliphatic imine (C=N–C) groups is 1. The van der Waals surface area contributed by atoms with Crippen LogP contribution in [0.5, 0.6) is 0 Å². The lowest BCUT2D eigenvalue weighted by molar-refractivity contribution is -0.120. The molecule has 2 fully saturated rings. The molecule has 1 saturated heterocycles. The predicted molar refractivity (Wildman–Crippen MR) is 106 cm³/mol. The van der Waals surface area contributed by atoms with Crippen molar-refractivity contribution in [2.24, 2.45) is 10.9 Å². The molecule has 6 rings (SSSR count). The molecule has 3 aliphatic heterocycles. The highest BCUT2D eigenvalue weighted by Crippen LogP contribution is 2.47.